The van der Waals surface area contributed by atoms with Gasteiger partial charge in [0.15, 0.2) is 0 Å². The second-order valence-corrected chi connectivity index (χ2v) is 56.7. The normalized spacial score (nSPS) is 12.5. The molecule has 0 unspecified atom stereocenters. The molecule has 138 heavy (non-hydrogen) atoms. The molecule has 0 bridgehead atoms. The third-order valence-corrected chi connectivity index (χ3v) is 23.2. The van der Waals surface area contributed by atoms with Gasteiger partial charge in [0.1, 0.15) is 0 Å². The minimum atomic E-state index is 0.448. The van der Waals surface area contributed by atoms with Crippen LogP contribution in [0.2, 0.25) is 0 Å². The quantitative estimate of drug-likeness (QED) is 0.0545. The molecule has 852 valence electrons. The van der Waals surface area contributed by atoms with Crippen LogP contribution in [0, 0.1) is 65.0 Å². The SMILES string of the molecule is CCCN(CCC)CC(C)(C)C.CCCN(CCC)CCC(C)(C)C.CCCN(CCC)CCCC(C)(C)C.CCCN(CCC)CCCCC(C)(C)C.CCN(CC)CC(C)(C)C.CCN(CC)CCC(C)(C)C.CCN(CC)CCCC(C)(C)C.CCN(CC)CCCCC(C)(C)C.CN(C)CC(C)(C)C.CN(C)CCC(C)(C)C.CN(C)CCCC(C)(C)C.CN(C)CCCCC(C)(C)C. The van der Waals surface area contributed by atoms with E-state index in [9.17, 15) is 0 Å². The third kappa shape index (κ3) is 178. The first-order chi connectivity index (χ1) is 62.6. The molecule has 0 aliphatic carbocycles. The lowest BCUT2D eigenvalue weighted by Gasteiger charge is -2.29. The summed E-state index contributed by atoms with van der Waals surface area (Å²) in [5.41, 5.74) is 5.88. The average Bonchev–Trinajstić information content (AvgIpc) is 0.930. The van der Waals surface area contributed by atoms with Gasteiger partial charge >= 0.3 is 0 Å². The summed E-state index contributed by atoms with van der Waals surface area (Å²) < 4.78 is 0. The lowest BCUT2D eigenvalue weighted by Crippen LogP contribution is -2.33. The topological polar surface area (TPSA) is 38.9 Å². The van der Waals surface area contributed by atoms with E-state index in [1.807, 2.05) is 0 Å². The van der Waals surface area contributed by atoms with Crippen molar-refractivity contribution in [3.05, 3.63) is 0 Å². The van der Waals surface area contributed by atoms with E-state index in [1.54, 1.807) is 0 Å². The predicted octanol–water partition coefficient (Wildman–Crippen LogP) is 35.5. The van der Waals surface area contributed by atoms with Gasteiger partial charge in [0.2, 0.25) is 0 Å². The molecule has 0 aromatic rings. The van der Waals surface area contributed by atoms with E-state index in [2.05, 4.69) is 475 Å². The van der Waals surface area contributed by atoms with Gasteiger partial charge < -0.3 is 58.8 Å². The van der Waals surface area contributed by atoms with Crippen LogP contribution < -0.4 is 0 Å². The summed E-state index contributed by atoms with van der Waals surface area (Å²) in [6, 6.07) is 0. The van der Waals surface area contributed by atoms with E-state index < -0.39 is 0 Å². The average molecular weight is 1970 g/mol. The van der Waals surface area contributed by atoms with Crippen LogP contribution in [0.25, 0.3) is 0 Å². The van der Waals surface area contributed by atoms with Crippen molar-refractivity contribution in [3.63, 3.8) is 0 Å². The Morgan fingerprint density at radius 3 is 0.464 bits per heavy atom. The molecule has 0 heterocycles. The van der Waals surface area contributed by atoms with Gasteiger partial charge in [-0.1, -0.05) is 379 Å². The molecule has 0 aliphatic heterocycles. The highest BCUT2D eigenvalue weighted by Gasteiger charge is 2.21. The second-order valence-electron chi connectivity index (χ2n) is 56.7. The number of rotatable bonds is 54. The van der Waals surface area contributed by atoms with Gasteiger partial charge in [0.05, 0.1) is 0 Å². The zero-order valence-corrected chi connectivity index (χ0v) is 110. The van der Waals surface area contributed by atoms with Crippen molar-refractivity contribution < 1.29 is 0 Å². The van der Waals surface area contributed by atoms with E-state index in [1.165, 1.54) is 344 Å². The Morgan fingerprint density at radius 2 is 0.275 bits per heavy atom. The largest absolute Gasteiger partial charge is 0.309 e. The maximum Gasteiger partial charge on any atom is 0.00300 e. The number of unbranched alkanes of at least 4 members (excludes halogenated alkanes) is 3. The minimum absolute atomic E-state index is 0.448. The lowest BCUT2D eigenvalue weighted by atomic mass is 9.90. The van der Waals surface area contributed by atoms with Gasteiger partial charge in [-0.05, 0) is 433 Å². The predicted molar refractivity (Wildman–Crippen MR) is 650 cm³/mol. The fraction of sp³-hybridized carbons (Fsp3) is 1.00. The Bertz CT molecular complexity index is 2270. The summed E-state index contributed by atoms with van der Waals surface area (Å²) in [4.78, 5) is 29.2. The fourth-order valence-electron chi connectivity index (χ4n) is 15.4. The van der Waals surface area contributed by atoms with Gasteiger partial charge in [-0.15, -0.1) is 0 Å². The van der Waals surface area contributed by atoms with Gasteiger partial charge in [-0.2, -0.15) is 0 Å². The molecule has 0 radical (unpaired) electrons. The molecule has 0 saturated carbocycles. The molecule has 0 aromatic carbocycles. The molecule has 0 N–H and O–H groups in total. The summed E-state index contributed by atoms with van der Waals surface area (Å²) in [7, 11) is 17.0. The maximum absolute atomic E-state index is 2.61. The van der Waals surface area contributed by atoms with Crippen molar-refractivity contribution >= 4 is 0 Å². The van der Waals surface area contributed by atoms with Crippen molar-refractivity contribution in [1.82, 2.24) is 58.8 Å². The van der Waals surface area contributed by atoms with Crippen LogP contribution in [0.5, 0.6) is 0 Å². The van der Waals surface area contributed by atoms with Crippen LogP contribution in [0.15, 0.2) is 0 Å². The highest BCUT2D eigenvalue weighted by Crippen LogP contribution is 2.28. The molecular weight excluding hydrogens is 1680 g/mol. The highest BCUT2D eigenvalue weighted by molar-refractivity contribution is 4.74. The Morgan fingerprint density at radius 1 is 0.116 bits per heavy atom. The summed E-state index contributed by atoms with van der Waals surface area (Å²) in [5, 5.41) is 0. The van der Waals surface area contributed by atoms with E-state index >= 15 is 0 Å². The number of hydrogen-bond donors (Lipinski definition) is 0. The Labute approximate surface area is 885 Å². The molecule has 0 atom stereocenters. The van der Waals surface area contributed by atoms with Gasteiger partial charge in [-0.3, -0.25) is 0 Å². The summed E-state index contributed by atoms with van der Waals surface area (Å²) in [5.74, 6) is 0. The lowest BCUT2D eigenvalue weighted by molar-refractivity contribution is 0.191. The van der Waals surface area contributed by atoms with Crippen LogP contribution in [0.1, 0.15) is 527 Å². The summed E-state index contributed by atoms with van der Waals surface area (Å²) in [6.45, 7) is 153. The van der Waals surface area contributed by atoms with Crippen LogP contribution in [-0.4, -0.2) is 298 Å². The van der Waals surface area contributed by atoms with Gasteiger partial charge in [0, 0.05) is 19.6 Å². The second kappa shape index (κ2) is 96.1. The zero-order chi connectivity index (χ0) is 111. The maximum atomic E-state index is 2.61. The Kier molecular flexibility index (Phi) is 113. The Balaban J connectivity index is -0.000000126. The highest BCUT2D eigenvalue weighted by atomic mass is 15.2. The van der Waals surface area contributed by atoms with Crippen molar-refractivity contribution in [3.8, 4) is 0 Å². The molecule has 0 spiro atoms. The monoisotopic (exact) mass is 1970 g/mol. The molecule has 0 aromatic heterocycles. The smallest absolute Gasteiger partial charge is 0.00300 e. The third-order valence-electron chi connectivity index (χ3n) is 23.2. The first-order valence-corrected chi connectivity index (χ1v) is 59.0. The first-order valence-electron chi connectivity index (χ1n) is 59.0. The van der Waals surface area contributed by atoms with E-state index in [0.29, 0.717) is 65.0 Å². The first kappa shape index (κ1) is 163. The van der Waals surface area contributed by atoms with Crippen molar-refractivity contribution in [2.75, 3.05) is 240 Å². The molecule has 0 amide bonds. The van der Waals surface area contributed by atoms with Crippen LogP contribution in [-0.2, 0) is 0 Å². The van der Waals surface area contributed by atoms with Crippen LogP contribution in [0.3, 0.4) is 0 Å². The molecule has 0 aliphatic rings. The standard InChI is InChI=1S/C14H31N.C13H29N.2C12H27N.2C11H25N.2C10H23N.2C9H21N.C8H19N.C7H17N/c1-6-11-15(12-7-2)13-9-8-10-14(3,4)5;1-6-10-14(11-7-2)12-8-9-13(3,4)5;1-6-13(7-2)11-9-8-10-12(3,4)5;1-6-9-13(10-7-2)11-8-12(3,4)5;1-6-12(7-2)10-8-9-11(3,4)5;1-6-8-12(9-7-2)10-11(3,4)5;1-10(2,3)8-6-7-9-11(4)5;1-6-11(7-2)9-8-10(3,4)5;1-9(2,3)7-6-8-10(4)5;1-6-10(7-2)8-9(3,4)5;1-8(2,3)6-7-9(4)5;1-7(2,3)6-8(4)5/h6-13H2,1-5H3;6-12H2,1-5H3;2*6-11H2,1-5H3;2*6-10H2,1-5H3;2*6-9H2,1-5H3;2*6-8H2,1-5H3;6-7H2,1-5H3;6H2,1-5H3. The molecule has 12 heteroatoms. The van der Waals surface area contributed by atoms with Crippen LogP contribution in [0.4, 0.5) is 0 Å². The van der Waals surface area contributed by atoms with Crippen molar-refractivity contribution in [1.29, 1.82) is 0 Å². The van der Waals surface area contributed by atoms with E-state index in [-0.39, 0.29) is 0 Å². The minimum Gasteiger partial charge on any atom is -0.309 e. The number of nitrogens with zero attached hydrogens (tertiary/aromatic N) is 12. The number of hydrogen-bond acceptors (Lipinski definition) is 12. The molecule has 0 saturated heterocycles. The van der Waals surface area contributed by atoms with Crippen LogP contribution >= 0.6 is 0 Å². The van der Waals surface area contributed by atoms with Gasteiger partial charge in [0.25, 0.3) is 0 Å². The van der Waals surface area contributed by atoms with E-state index in [0.717, 1.165) is 6.54 Å². The molecule has 0 fully saturated rings. The summed E-state index contributed by atoms with van der Waals surface area (Å²) in [6.07, 6.45) is 34.4. The zero-order valence-electron chi connectivity index (χ0n) is 110. The fourth-order valence-corrected chi connectivity index (χ4v) is 15.4. The van der Waals surface area contributed by atoms with E-state index in [4.69, 9.17) is 0 Å². The van der Waals surface area contributed by atoms with Crippen molar-refractivity contribution in [2.45, 2.75) is 527 Å². The van der Waals surface area contributed by atoms with Gasteiger partial charge in [-0.25, -0.2) is 0 Å². The molecule has 12 nitrogen and oxygen atoms in total. The Hall–Kier alpha value is -0.480. The van der Waals surface area contributed by atoms with Crippen molar-refractivity contribution in [2.24, 2.45) is 65.0 Å². The summed E-state index contributed by atoms with van der Waals surface area (Å²) >= 11 is 0. The molecule has 0 rings (SSSR count). The molecular formula is C126H288N12.